The molecule has 0 bridgehead atoms. The summed E-state index contributed by atoms with van der Waals surface area (Å²) in [7, 11) is 0. The maximum atomic E-state index is 11.9. The molecule has 0 radical (unpaired) electrons. The molecule has 1 amide bonds. The highest BCUT2D eigenvalue weighted by molar-refractivity contribution is 7.14. The summed E-state index contributed by atoms with van der Waals surface area (Å²) < 4.78 is 5.44. The molecule has 5 nitrogen and oxygen atoms in total. The summed E-state index contributed by atoms with van der Waals surface area (Å²) in [6.07, 6.45) is 2.06. The first kappa shape index (κ1) is 14.8. The minimum absolute atomic E-state index is 0.0730. The van der Waals surface area contributed by atoms with Crippen molar-refractivity contribution in [1.29, 1.82) is 0 Å². The molecule has 1 fully saturated rings. The van der Waals surface area contributed by atoms with E-state index in [0.717, 1.165) is 30.8 Å². The Bertz CT molecular complexity index is 503. The molecule has 2 heterocycles. The van der Waals surface area contributed by atoms with E-state index in [2.05, 4.69) is 0 Å². The van der Waals surface area contributed by atoms with Crippen molar-refractivity contribution >= 4 is 23.2 Å². The van der Waals surface area contributed by atoms with Crippen LogP contribution in [0.5, 0.6) is 5.75 Å². The van der Waals surface area contributed by atoms with Gasteiger partial charge in [-0.15, -0.1) is 11.3 Å². The first-order valence-corrected chi connectivity index (χ1v) is 7.58. The van der Waals surface area contributed by atoms with Crippen LogP contribution in [0, 0.1) is 0 Å². The third-order valence-electron chi connectivity index (χ3n) is 3.29. The standard InChI is InChI=1S/C14H19NO4S/c1-9(2)11-7-10(13(20-11)14(17)18)19-8-12(16)15-5-3-4-6-15/h7,9H,3-6,8H2,1-2H3,(H,17,18). The summed E-state index contributed by atoms with van der Waals surface area (Å²) in [6.45, 7) is 5.45. The van der Waals surface area contributed by atoms with Crippen molar-refractivity contribution < 1.29 is 19.4 Å². The number of aromatic carboxylic acids is 1. The number of amides is 1. The molecule has 1 aliphatic rings. The second-order valence-corrected chi connectivity index (χ2v) is 6.26. The first-order valence-electron chi connectivity index (χ1n) is 6.76. The summed E-state index contributed by atoms with van der Waals surface area (Å²) in [5.74, 6) is -0.537. The minimum Gasteiger partial charge on any atom is -0.482 e. The molecule has 0 atom stereocenters. The molecule has 1 saturated heterocycles. The number of hydrogen-bond acceptors (Lipinski definition) is 4. The normalized spacial score (nSPS) is 14.8. The van der Waals surface area contributed by atoms with E-state index in [9.17, 15) is 14.7 Å². The van der Waals surface area contributed by atoms with Crippen LogP contribution >= 0.6 is 11.3 Å². The number of carbonyl (C=O) groups is 2. The number of hydrogen-bond donors (Lipinski definition) is 1. The van der Waals surface area contributed by atoms with Crippen molar-refractivity contribution in [2.75, 3.05) is 19.7 Å². The molecule has 0 spiro atoms. The molecule has 1 aromatic rings. The average Bonchev–Trinajstić information content (AvgIpc) is 3.05. The molecular formula is C14H19NO4S. The van der Waals surface area contributed by atoms with Crippen LogP contribution in [0.4, 0.5) is 0 Å². The largest absolute Gasteiger partial charge is 0.482 e. The van der Waals surface area contributed by atoms with Gasteiger partial charge < -0.3 is 14.7 Å². The van der Waals surface area contributed by atoms with Crippen LogP contribution in [0.2, 0.25) is 0 Å². The van der Waals surface area contributed by atoms with Gasteiger partial charge in [0, 0.05) is 18.0 Å². The molecule has 110 valence electrons. The number of carbonyl (C=O) groups excluding carboxylic acids is 1. The van der Waals surface area contributed by atoms with Gasteiger partial charge >= 0.3 is 5.97 Å². The van der Waals surface area contributed by atoms with E-state index in [1.54, 1.807) is 11.0 Å². The zero-order chi connectivity index (χ0) is 14.7. The third-order valence-corrected chi connectivity index (χ3v) is 4.70. The number of carboxylic acids is 1. The van der Waals surface area contributed by atoms with E-state index in [1.807, 2.05) is 13.8 Å². The van der Waals surface area contributed by atoms with E-state index in [-0.39, 0.29) is 23.3 Å². The van der Waals surface area contributed by atoms with Crippen molar-refractivity contribution in [2.24, 2.45) is 0 Å². The van der Waals surface area contributed by atoms with Crippen molar-refractivity contribution in [3.63, 3.8) is 0 Å². The number of carboxylic acid groups (broad SMARTS) is 1. The van der Waals surface area contributed by atoms with Crippen LogP contribution in [-0.4, -0.2) is 41.6 Å². The lowest BCUT2D eigenvalue weighted by Gasteiger charge is -2.15. The van der Waals surface area contributed by atoms with Crippen molar-refractivity contribution in [3.05, 3.63) is 15.8 Å². The van der Waals surface area contributed by atoms with E-state index < -0.39 is 5.97 Å². The zero-order valence-electron chi connectivity index (χ0n) is 11.7. The fourth-order valence-corrected chi connectivity index (χ4v) is 3.07. The van der Waals surface area contributed by atoms with Crippen LogP contribution in [0.3, 0.4) is 0 Å². The molecule has 0 saturated carbocycles. The molecular weight excluding hydrogens is 278 g/mol. The Kier molecular flexibility index (Phi) is 4.65. The molecule has 0 aromatic carbocycles. The Balaban J connectivity index is 2.04. The Hall–Kier alpha value is -1.56. The summed E-state index contributed by atoms with van der Waals surface area (Å²) in [6, 6.07) is 1.73. The maximum Gasteiger partial charge on any atom is 0.349 e. The van der Waals surface area contributed by atoms with Crippen molar-refractivity contribution in [2.45, 2.75) is 32.6 Å². The smallest absolute Gasteiger partial charge is 0.349 e. The van der Waals surface area contributed by atoms with E-state index in [4.69, 9.17) is 4.74 Å². The minimum atomic E-state index is -1.01. The Labute approximate surface area is 122 Å². The highest BCUT2D eigenvalue weighted by Gasteiger charge is 2.22. The summed E-state index contributed by atoms with van der Waals surface area (Å²) >= 11 is 1.21. The highest BCUT2D eigenvalue weighted by atomic mass is 32.1. The SMILES string of the molecule is CC(C)c1cc(OCC(=O)N2CCCC2)c(C(=O)O)s1. The predicted molar refractivity (Wildman–Crippen MR) is 76.7 cm³/mol. The Morgan fingerprint density at radius 1 is 1.40 bits per heavy atom. The van der Waals surface area contributed by atoms with Crippen LogP contribution in [0.25, 0.3) is 0 Å². The van der Waals surface area contributed by atoms with Crippen LogP contribution in [0.15, 0.2) is 6.07 Å². The van der Waals surface area contributed by atoms with Gasteiger partial charge in [-0.05, 0) is 24.8 Å². The van der Waals surface area contributed by atoms with Gasteiger partial charge in [-0.25, -0.2) is 4.79 Å². The predicted octanol–water partition coefficient (Wildman–Crippen LogP) is 2.57. The van der Waals surface area contributed by atoms with Gasteiger partial charge in [0.15, 0.2) is 11.5 Å². The van der Waals surface area contributed by atoms with Crippen molar-refractivity contribution in [3.8, 4) is 5.75 Å². The second-order valence-electron chi connectivity index (χ2n) is 5.18. The van der Waals surface area contributed by atoms with Gasteiger partial charge in [-0.2, -0.15) is 0 Å². The lowest BCUT2D eigenvalue weighted by atomic mass is 10.2. The zero-order valence-corrected chi connectivity index (χ0v) is 12.5. The molecule has 1 aromatic heterocycles. The lowest BCUT2D eigenvalue weighted by molar-refractivity contribution is -0.132. The molecule has 20 heavy (non-hydrogen) atoms. The van der Waals surface area contributed by atoms with Gasteiger partial charge in [0.25, 0.3) is 5.91 Å². The third kappa shape index (κ3) is 3.30. The fourth-order valence-electron chi connectivity index (χ4n) is 2.13. The number of thiophene rings is 1. The topological polar surface area (TPSA) is 66.8 Å². The van der Waals surface area contributed by atoms with Gasteiger partial charge in [-0.1, -0.05) is 13.8 Å². The average molecular weight is 297 g/mol. The highest BCUT2D eigenvalue weighted by Crippen LogP contribution is 2.33. The van der Waals surface area contributed by atoms with E-state index in [0.29, 0.717) is 5.75 Å². The monoisotopic (exact) mass is 297 g/mol. The van der Waals surface area contributed by atoms with Gasteiger partial charge in [0.05, 0.1) is 0 Å². The maximum absolute atomic E-state index is 11.9. The number of rotatable bonds is 5. The van der Waals surface area contributed by atoms with Crippen LogP contribution in [-0.2, 0) is 4.79 Å². The molecule has 6 heteroatoms. The Morgan fingerprint density at radius 2 is 2.05 bits per heavy atom. The number of ether oxygens (including phenoxy) is 1. The molecule has 2 rings (SSSR count). The number of likely N-dealkylation sites (tertiary alicyclic amines) is 1. The van der Waals surface area contributed by atoms with Crippen LogP contribution in [0.1, 0.15) is 47.2 Å². The van der Waals surface area contributed by atoms with Gasteiger partial charge in [0.2, 0.25) is 0 Å². The van der Waals surface area contributed by atoms with Crippen molar-refractivity contribution in [1.82, 2.24) is 4.90 Å². The van der Waals surface area contributed by atoms with Gasteiger partial charge in [-0.3, -0.25) is 4.79 Å². The molecule has 1 N–H and O–H groups in total. The van der Waals surface area contributed by atoms with E-state index >= 15 is 0 Å². The molecule has 0 unspecified atom stereocenters. The lowest BCUT2D eigenvalue weighted by Crippen LogP contribution is -2.32. The van der Waals surface area contributed by atoms with Crippen LogP contribution < -0.4 is 4.74 Å². The first-order chi connectivity index (χ1) is 9.49. The second kappa shape index (κ2) is 6.26. The molecule has 1 aliphatic heterocycles. The molecule has 0 aliphatic carbocycles. The quantitative estimate of drug-likeness (QED) is 0.907. The summed E-state index contributed by atoms with van der Waals surface area (Å²) in [5, 5.41) is 9.17. The fraction of sp³-hybridized carbons (Fsp3) is 0.571. The number of nitrogens with zero attached hydrogens (tertiary/aromatic N) is 1. The Morgan fingerprint density at radius 3 is 2.60 bits per heavy atom. The van der Waals surface area contributed by atoms with E-state index in [1.165, 1.54) is 11.3 Å². The summed E-state index contributed by atoms with van der Waals surface area (Å²) in [5.41, 5.74) is 0. The summed E-state index contributed by atoms with van der Waals surface area (Å²) in [4.78, 5) is 26.0. The van der Waals surface area contributed by atoms with Gasteiger partial charge in [0.1, 0.15) is 5.75 Å².